The van der Waals surface area contributed by atoms with E-state index < -0.39 is 0 Å². The van der Waals surface area contributed by atoms with Crippen molar-refractivity contribution in [1.82, 2.24) is 9.80 Å². The van der Waals surface area contributed by atoms with E-state index >= 15 is 0 Å². The van der Waals surface area contributed by atoms with Crippen LogP contribution in [-0.4, -0.2) is 41.9 Å². The second kappa shape index (κ2) is 7.47. The van der Waals surface area contributed by atoms with Gasteiger partial charge in [-0.15, -0.1) is 0 Å². The third kappa shape index (κ3) is 3.64. The molecule has 120 valence electrons. The molecular formula is C18H25ClN2O. The molecule has 3 nitrogen and oxygen atoms in total. The van der Waals surface area contributed by atoms with Gasteiger partial charge >= 0.3 is 0 Å². The molecule has 0 radical (unpaired) electrons. The maximum absolute atomic E-state index is 12.6. The van der Waals surface area contributed by atoms with Crippen LogP contribution in [0.4, 0.5) is 0 Å². The Hall–Kier alpha value is -1.06. The second-order valence-corrected chi connectivity index (χ2v) is 6.85. The summed E-state index contributed by atoms with van der Waals surface area (Å²) in [6.07, 6.45) is 7.06. The maximum Gasteiger partial charge on any atom is 0.236 e. The Bertz CT molecular complexity index is 512. The molecule has 0 aromatic heterocycles. The van der Waals surface area contributed by atoms with Gasteiger partial charge in [0.05, 0.1) is 6.54 Å². The van der Waals surface area contributed by atoms with E-state index in [2.05, 4.69) is 15.9 Å². The summed E-state index contributed by atoms with van der Waals surface area (Å²) in [6.45, 7) is 3.40. The van der Waals surface area contributed by atoms with Gasteiger partial charge in [0.1, 0.15) is 0 Å². The average molecular weight is 321 g/mol. The smallest absolute Gasteiger partial charge is 0.236 e. The normalized spacial score (nSPS) is 23.5. The molecule has 0 saturated carbocycles. The predicted octanol–water partition coefficient (Wildman–Crippen LogP) is 3.88. The van der Waals surface area contributed by atoms with Crippen molar-refractivity contribution < 1.29 is 4.79 Å². The van der Waals surface area contributed by atoms with Crippen molar-refractivity contribution in [2.24, 2.45) is 0 Å². The standard InChI is InChI=1S/C18H25ClN2O/c19-16-9-4-3-8-15(16)17-10-7-13-21(17)14-18(22)20-11-5-1-2-6-12-20/h3-4,8-9,17H,1-2,5-7,10-14H2. The van der Waals surface area contributed by atoms with Crippen LogP contribution in [0.15, 0.2) is 24.3 Å². The van der Waals surface area contributed by atoms with E-state index in [1.165, 1.54) is 18.4 Å². The Morgan fingerprint density at radius 2 is 1.77 bits per heavy atom. The molecule has 1 unspecified atom stereocenters. The third-order valence-corrected chi connectivity index (χ3v) is 5.27. The molecule has 1 aromatic carbocycles. The molecule has 1 amide bonds. The Balaban J connectivity index is 1.66. The molecule has 2 aliphatic heterocycles. The number of nitrogens with zero attached hydrogens (tertiary/aromatic N) is 2. The van der Waals surface area contributed by atoms with Crippen molar-refractivity contribution in [3.8, 4) is 0 Å². The Labute approximate surface area is 138 Å². The predicted molar refractivity (Wildman–Crippen MR) is 90.0 cm³/mol. The van der Waals surface area contributed by atoms with E-state index in [9.17, 15) is 4.79 Å². The summed E-state index contributed by atoms with van der Waals surface area (Å²) in [5.74, 6) is 0.292. The second-order valence-electron chi connectivity index (χ2n) is 6.45. The Morgan fingerprint density at radius 3 is 2.50 bits per heavy atom. The van der Waals surface area contributed by atoms with Crippen molar-refractivity contribution in [3.05, 3.63) is 34.9 Å². The number of hydrogen-bond donors (Lipinski definition) is 0. The molecule has 3 rings (SSSR count). The Morgan fingerprint density at radius 1 is 1.05 bits per heavy atom. The van der Waals surface area contributed by atoms with Crippen LogP contribution in [0.2, 0.25) is 5.02 Å². The highest BCUT2D eigenvalue weighted by Crippen LogP contribution is 2.35. The van der Waals surface area contributed by atoms with Crippen LogP contribution in [0, 0.1) is 0 Å². The molecule has 2 fully saturated rings. The van der Waals surface area contributed by atoms with Crippen LogP contribution in [0.1, 0.15) is 50.1 Å². The molecule has 1 atom stereocenters. The van der Waals surface area contributed by atoms with E-state index in [-0.39, 0.29) is 0 Å². The highest BCUT2D eigenvalue weighted by atomic mass is 35.5. The lowest BCUT2D eigenvalue weighted by atomic mass is 10.0. The topological polar surface area (TPSA) is 23.6 Å². The van der Waals surface area contributed by atoms with Gasteiger partial charge in [0.25, 0.3) is 0 Å². The highest BCUT2D eigenvalue weighted by Gasteiger charge is 2.30. The first-order chi connectivity index (χ1) is 10.8. The summed E-state index contributed by atoms with van der Waals surface area (Å²) >= 11 is 6.35. The summed E-state index contributed by atoms with van der Waals surface area (Å²) in [4.78, 5) is 17.0. The number of benzene rings is 1. The van der Waals surface area contributed by atoms with Crippen LogP contribution in [0.5, 0.6) is 0 Å². The zero-order chi connectivity index (χ0) is 15.4. The molecule has 2 saturated heterocycles. The summed E-state index contributed by atoms with van der Waals surface area (Å²) in [5, 5.41) is 0.821. The van der Waals surface area contributed by atoms with Gasteiger partial charge in [0.15, 0.2) is 0 Å². The number of carbonyl (C=O) groups excluding carboxylic acids is 1. The van der Waals surface area contributed by atoms with Crippen LogP contribution in [0.3, 0.4) is 0 Å². The third-order valence-electron chi connectivity index (χ3n) is 4.93. The fourth-order valence-electron chi connectivity index (χ4n) is 3.71. The zero-order valence-electron chi connectivity index (χ0n) is 13.1. The molecule has 4 heteroatoms. The molecule has 0 N–H and O–H groups in total. The summed E-state index contributed by atoms with van der Waals surface area (Å²) in [7, 11) is 0. The van der Waals surface area contributed by atoms with Gasteiger partial charge in [-0.05, 0) is 43.9 Å². The van der Waals surface area contributed by atoms with E-state index in [1.54, 1.807) is 0 Å². The highest BCUT2D eigenvalue weighted by molar-refractivity contribution is 6.31. The van der Waals surface area contributed by atoms with Gasteiger partial charge in [-0.1, -0.05) is 42.6 Å². The van der Waals surface area contributed by atoms with Gasteiger partial charge in [0, 0.05) is 24.2 Å². The molecule has 2 heterocycles. The van der Waals surface area contributed by atoms with E-state index in [4.69, 9.17) is 11.6 Å². The van der Waals surface area contributed by atoms with Crippen molar-refractivity contribution in [3.63, 3.8) is 0 Å². The Kier molecular flexibility index (Phi) is 5.37. The summed E-state index contributed by atoms with van der Waals surface area (Å²) < 4.78 is 0. The SMILES string of the molecule is O=C(CN1CCCC1c1ccccc1Cl)N1CCCCCC1. The van der Waals surface area contributed by atoms with Gasteiger partial charge in [0.2, 0.25) is 5.91 Å². The lowest BCUT2D eigenvalue weighted by Crippen LogP contribution is -2.40. The minimum Gasteiger partial charge on any atom is -0.342 e. The van der Waals surface area contributed by atoms with Crippen LogP contribution < -0.4 is 0 Å². The molecule has 0 aliphatic carbocycles. The van der Waals surface area contributed by atoms with Gasteiger partial charge in [-0.3, -0.25) is 9.69 Å². The van der Waals surface area contributed by atoms with Crippen LogP contribution in [-0.2, 0) is 4.79 Å². The first kappa shape index (κ1) is 15.8. The van der Waals surface area contributed by atoms with Crippen LogP contribution in [0.25, 0.3) is 0 Å². The number of amides is 1. The molecular weight excluding hydrogens is 296 g/mol. The molecule has 2 aliphatic rings. The molecule has 1 aromatic rings. The monoisotopic (exact) mass is 320 g/mol. The van der Waals surface area contributed by atoms with Crippen LogP contribution >= 0.6 is 11.6 Å². The average Bonchev–Trinajstić information content (AvgIpc) is 2.80. The van der Waals surface area contributed by atoms with Gasteiger partial charge < -0.3 is 4.90 Å². The van der Waals surface area contributed by atoms with E-state index in [0.717, 1.165) is 50.3 Å². The molecule has 0 spiro atoms. The maximum atomic E-state index is 12.6. The van der Waals surface area contributed by atoms with E-state index in [1.807, 2.05) is 18.2 Å². The summed E-state index contributed by atoms with van der Waals surface area (Å²) in [5.41, 5.74) is 1.17. The van der Waals surface area contributed by atoms with E-state index in [0.29, 0.717) is 18.5 Å². The number of carbonyl (C=O) groups is 1. The minimum atomic E-state index is 0.292. The lowest BCUT2D eigenvalue weighted by molar-refractivity contribution is -0.132. The largest absolute Gasteiger partial charge is 0.342 e. The van der Waals surface area contributed by atoms with Crippen molar-refractivity contribution in [2.75, 3.05) is 26.2 Å². The van der Waals surface area contributed by atoms with Crippen molar-refractivity contribution in [1.29, 1.82) is 0 Å². The van der Waals surface area contributed by atoms with Crippen molar-refractivity contribution >= 4 is 17.5 Å². The first-order valence-corrected chi connectivity index (χ1v) is 8.90. The minimum absolute atomic E-state index is 0.292. The molecule has 22 heavy (non-hydrogen) atoms. The number of likely N-dealkylation sites (tertiary alicyclic amines) is 2. The van der Waals surface area contributed by atoms with Crippen molar-refractivity contribution in [2.45, 2.75) is 44.6 Å². The lowest BCUT2D eigenvalue weighted by Gasteiger charge is -2.28. The zero-order valence-corrected chi connectivity index (χ0v) is 13.9. The quantitative estimate of drug-likeness (QED) is 0.844. The first-order valence-electron chi connectivity index (χ1n) is 8.52. The fourth-order valence-corrected chi connectivity index (χ4v) is 3.97. The summed E-state index contributed by atoms with van der Waals surface area (Å²) in [6, 6.07) is 8.35. The number of rotatable bonds is 3. The number of hydrogen-bond acceptors (Lipinski definition) is 2. The molecule has 0 bridgehead atoms. The van der Waals surface area contributed by atoms with Gasteiger partial charge in [-0.2, -0.15) is 0 Å². The number of halogens is 1. The fraction of sp³-hybridized carbons (Fsp3) is 0.611. The van der Waals surface area contributed by atoms with Gasteiger partial charge in [-0.25, -0.2) is 0 Å².